The minimum atomic E-state index is -0.982. The molecule has 2 aliphatic rings. The molecule has 2 aromatic rings. The molecule has 0 saturated carbocycles. The molecule has 0 spiro atoms. The van der Waals surface area contributed by atoms with Crippen molar-refractivity contribution in [2.45, 2.75) is 38.3 Å². The third-order valence-electron chi connectivity index (χ3n) is 7.15. The molecule has 0 unspecified atom stereocenters. The van der Waals surface area contributed by atoms with Gasteiger partial charge in [0.1, 0.15) is 18.1 Å². The number of ether oxygens (including phenoxy) is 2. The number of carbonyl (C=O) groups is 3. The van der Waals surface area contributed by atoms with Crippen molar-refractivity contribution in [2.75, 3.05) is 26.8 Å². The van der Waals surface area contributed by atoms with Crippen molar-refractivity contribution >= 4 is 18.0 Å². The van der Waals surface area contributed by atoms with Gasteiger partial charge in [-0.25, -0.2) is 4.79 Å². The van der Waals surface area contributed by atoms with Crippen LogP contribution in [0.2, 0.25) is 0 Å². The van der Waals surface area contributed by atoms with E-state index in [9.17, 15) is 19.5 Å². The zero-order chi connectivity index (χ0) is 24.5. The Morgan fingerprint density at radius 1 is 1.09 bits per heavy atom. The van der Waals surface area contributed by atoms with Crippen LogP contribution < -0.4 is 5.32 Å². The number of alkyl carbamates (subject to hydrolysis) is 1. The van der Waals surface area contributed by atoms with Gasteiger partial charge in [0, 0.05) is 26.1 Å². The van der Waals surface area contributed by atoms with E-state index in [2.05, 4.69) is 17.4 Å². The highest BCUT2D eigenvalue weighted by molar-refractivity contribution is 5.89. The molecule has 1 saturated heterocycles. The number of carboxylic acids is 1. The smallest absolute Gasteiger partial charge is 0.407 e. The van der Waals surface area contributed by atoms with E-state index in [-0.39, 0.29) is 31.5 Å². The van der Waals surface area contributed by atoms with Crippen molar-refractivity contribution < 1.29 is 29.0 Å². The van der Waals surface area contributed by atoms with Crippen LogP contribution in [0.1, 0.15) is 37.3 Å². The highest BCUT2D eigenvalue weighted by Gasteiger charge is 2.51. The van der Waals surface area contributed by atoms with Gasteiger partial charge in [0.25, 0.3) is 0 Å². The van der Waals surface area contributed by atoms with E-state index >= 15 is 0 Å². The third kappa shape index (κ3) is 4.14. The van der Waals surface area contributed by atoms with E-state index in [4.69, 9.17) is 9.47 Å². The maximum atomic E-state index is 13.1. The van der Waals surface area contributed by atoms with Crippen LogP contribution >= 0.6 is 0 Å². The molecule has 2 amide bonds. The zero-order valence-corrected chi connectivity index (χ0v) is 19.6. The average Bonchev–Trinajstić information content (AvgIpc) is 3.13. The van der Waals surface area contributed by atoms with Crippen molar-refractivity contribution in [3.05, 3.63) is 59.7 Å². The van der Waals surface area contributed by atoms with Crippen molar-refractivity contribution in [1.29, 1.82) is 0 Å². The second kappa shape index (κ2) is 9.46. The molecule has 0 radical (unpaired) electrons. The summed E-state index contributed by atoms with van der Waals surface area (Å²) < 4.78 is 10.9. The van der Waals surface area contributed by atoms with Crippen LogP contribution in [0, 0.1) is 5.41 Å². The summed E-state index contributed by atoms with van der Waals surface area (Å²) in [5.74, 6) is -1.39. The molecule has 1 heterocycles. The van der Waals surface area contributed by atoms with Crippen molar-refractivity contribution in [1.82, 2.24) is 10.2 Å². The lowest BCUT2D eigenvalue weighted by Gasteiger charge is -2.48. The fraction of sp³-hybridized carbons (Fsp3) is 0.423. The summed E-state index contributed by atoms with van der Waals surface area (Å²) in [6.45, 7) is 3.81. The highest BCUT2D eigenvalue weighted by Crippen LogP contribution is 2.44. The van der Waals surface area contributed by atoms with E-state index < -0.39 is 29.6 Å². The highest BCUT2D eigenvalue weighted by atomic mass is 16.5. The normalized spacial score (nSPS) is 17.7. The van der Waals surface area contributed by atoms with Gasteiger partial charge >= 0.3 is 12.1 Å². The fourth-order valence-corrected chi connectivity index (χ4v) is 4.83. The lowest BCUT2D eigenvalue weighted by Crippen LogP contribution is -2.66. The van der Waals surface area contributed by atoms with Gasteiger partial charge in [-0.2, -0.15) is 0 Å². The molecule has 8 nitrogen and oxygen atoms in total. The van der Waals surface area contributed by atoms with Gasteiger partial charge < -0.3 is 24.8 Å². The Kier molecular flexibility index (Phi) is 6.61. The number of carboxylic acid groups (broad SMARTS) is 1. The monoisotopic (exact) mass is 466 g/mol. The number of rotatable bonds is 8. The summed E-state index contributed by atoms with van der Waals surface area (Å²) in [4.78, 5) is 38.8. The van der Waals surface area contributed by atoms with Crippen LogP contribution in [0.15, 0.2) is 48.5 Å². The number of methoxy groups -OCH3 is 1. The molecular formula is C26H30N2O6. The van der Waals surface area contributed by atoms with Crippen LogP contribution in [0.4, 0.5) is 4.79 Å². The molecule has 2 N–H and O–H groups in total. The lowest BCUT2D eigenvalue weighted by molar-refractivity contribution is -0.168. The Balaban J connectivity index is 1.42. The molecular weight excluding hydrogens is 436 g/mol. The first-order valence-corrected chi connectivity index (χ1v) is 11.5. The summed E-state index contributed by atoms with van der Waals surface area (Å²) in [6, 6.07) is 15.1. The first kappa shape index (κ1) is 23.8. The second-order valence-electron chi connectivity index (χ2n) is 9.02. The SMILES string of the molecule is CCC1(C(=O)O)CN(C(=O)[C@@H](NC(=O)OCC2c3ccccc3-c3ccccc32)[C@@H](C)OC)C1. The molecule has 0 bridgehead atoms. The maximum absolute atomic E-state index is 13.1. The van der Waals surface area contributed by atoms with E-state index in [0.29, 0.717) is 6.42 Å². The quantitative estimate of drug-likeness (QED) is 0.619. The largest absolute Gasteiger partial charge is 0.481 e. The number of likely N-dealkylation sites (tertiary alicyclic amines) is 1. The number of nitrogens with one attached hydrogen (secondary N) is 1. The number of carbonyl (C=O) groups excluding carboxylic acids is 2. The van der Waals surface area contributed by atoms with Gasteiger partial charge in [-0.1, -0.05) is 55.5 Å². The summed E-state index contributed by atoms with van der Waals surface area (Å²) >= 11 is 0. The summed E-state index contributed by atoms with van der Waals surface area (Å²) in [6.07, 6.45) is -0.907. The molecule has 2 aromatic carbocycles. The molecule has 1 fully saturated rings. The minimum absolute atomic E-state index is 0.0942. The number of benzene rings is 2. The summed E-state index contributed by atoms with van der Waals surface area (Å²) in [5, 5.41) is 12.1. The van der Waals surface area contributed by atoms with Gasteiger partial charge in [0.05, 0.1) is 6.10 Å². The van der Waals surface area contributed by atoms with Gasteiger partial charge in [0.15, 0.2) is 0 Å². The zero-order valence-electron chi connectivity index (χ0n) is 19.6. The molecule has 1 aliphatic heterocycles. The fourth-order valence-electron chi connectivity index (χ4n) is 4.83. The molecule has 34 heavy (non-hydrogen) atoms. The first-order chi connectivity index (χ1) is 16.3. The van der Waals surface area contributed by atoms with Gasteiger partial charge in [-0.15, -0.1) is 0 Å². The van der Waals surface area contributed by atoms with Crippen molar-refractivity contribution in [3.63, 3.8) is 0 Å². The Morgan fingerprint density at radius 3 is 2.15 bits per heavy atom. The first-order valence-electron chi connectivity index (χ1n) is 11.5. The van der Waals surface area contributed by atoms with Gasteiger partial charge in [-0.3, -0.25) is 9.59 Å². The average molecular weight is 467 g/mol. The number of hydrogen-bond acceptors (Lipinski definition) is 5. The third-order valence-corrected chi connectivity index (χ3v) is 7.15. The van der Waals surface area contributed by atoms with Crippen LogP contribution in [0.25, 0.3) is 11.1 Å². The van der Waals surface area contributed by atoms with Gasteiger partial charge in [-0.05, 0) is 35.6 Å². The van der Waals surface area contributed by atoms with Crippen molar-refractivity contribution in [2.24, 2.45) is 5.41 Å². The maximum Gasteiger partial charge on any atom is 0.407 e. The van der Waals surface area contributed by atoms with E-state index in [0.717, 1.165) is 22.3 Å². The summed E-state index contributed by atoms with van der Waals surface area (Å²) in [7, 11) is 1.45. The molecule has 180 valence electrons. The summed E-state index contributed by atoms with van der Waals surface area (Å²) in [5.41, 5.74) is 3.52. The van der Waals surface area contributed by atoms with Gasteiger partial charge in [0.2, 0.25) is 5.91 Å². The molecule has 4 rings (SSSR count). The van der Waals surface area contributed by atoms with Crippen LogP contribution in [-0.2, 0) is 19.1 Å². The van der Waals surface area contributed by atoms with Crippen LogP contribution in [0.3, 0.4) is 0 Å². The predicted octanol–water partition coefficient (Wildman–Crippen LogP) is 3.25. The molecule has 1 aliphatic carbocycles. The number of hydrogen-bond donors (Lipinski definition) is 2. The Bertz CT molecular complexity index is 1050. The standard InChI is InChI=1S/C26H30N2O6/c1-4-26(24(30)31)14-28(15-26)23(29)22(16(2)33-3)27-25(32)34-13-21-19-11-7-5-9-17(19)18-10-6-8-12-20(18)21/h5-12,16,21-22H,4,13-15H2,1-3H3,(H,27,32)(H,30,31)/t16-,22+/m1/s1. The van der Waals surface area contributed by atoms with E-state index in [1.807, 2.05) is 36.4 Å². The Morgan fingerprint density at radius 2 is 1.65 bits per heavy atom. The number of amides is 2. The van der Waals surface area contributed by atoms with Crippen molar-refractivity contribution in [3.8, 4) is 11.1 Å². The number of nitrogens with zero attached hydrogens (tertiary/aromatic N) is 1. The minimum Gasteiger partial charge on any atom is -0.481 e. The van der Waals surface area contributed by atoms with Crippen LogP contribution in [0.5, 0.6) is 0 Å². The number of aliphatic carboxylic acids is 1. The molecule has 2 atom stereocenters. The second-order valence-corrected chi connectivity index (χ2v) is 9.02. The molecule has 0 aromatic heterocycles. The Labute approximate surface area is 198 Å². The van der Waals surface area contributed by atoms with E-state index in [1.165, 1.54) is 12.0 Å². The van der Waals surface area contributed by atoms with E-state index in [1.54, 1.807) is 13.8 Å². The molecule has 8 heteroatoms. The lowest BCUT2D eigenvalue weighted by atomic mass is 9.77. The van der Waals surface area contributed by atoms with Crippen LogP contribution in [-0.4, -0.2) is 66.9 Å². The number of fused-ring (bicyclic) bond motifs is 3. The topological polar surface area (TPSA) is 105 Å². The predicted molar refractivity (Wildman–Crippen MR) is 125 cm³/mol. The Hall–Kier alpha value is -3.39.